The number of nitrogens with one attached hydrogen (secondary N) is 1. The van der Waals surface area contributed by atoms with Crippen molar-refractivity contribution in [3.63, 3.8) is 0 Å². The van der Waals surface area contributed by atoms with Crippen LogP contribution in [0.15, 0.2) is 81.0 Å². The van der Waals surface area contributed by atoms with Gasteiger partial charge in [0.05, 0.1) is 12.0 Å². The second-order valence-electron chi connectivity index (χ2n) is 6.13. The highest BCUT2D eigenvalue weighted by molar-refractivity contribution is 7.99. The normalized spacial score (nSPS) is 10.7. The molecule has 0 aliphatic carbocycles. The predicted octanol–water partition coefficient (Wildman–Crippen LogP) is 5.16. The summed E-state index contributed by atoms with van der Waals surface area (Å²) in [6.07, 6.45) is 1.52. The molecule has 1 N–H and O–H groups in total. The number of carbonyl (C=O) groups excluding carboxylic acids is 1. The molecule has 0 bridgehead atoms. The van der Waals surface area contributed by atoms with Gasteiger partial charge in [0, 0.05) is 5.69 Å². The topological polar surface area (TPSA) is 90.4 Å². The molecule has 7 nitrogen and oxygen atoms in total. The average molecular weight is 407 g/mol. The standard InChI is InChI=1S/C21H17N3O4S/c1-14-4-2-5-17(12-14)27-16-9-7-15(8-10-16)22-19(25)13-29-21-24-23-20(28-21)18-6-3-11-26-18/h2-12H,13H2,1H3,(H,22,25). The number of anilines is 1. The predicted molar refractivity (Wildman–Crippen MR) is 109 cm³/mol. The number of nitrogens with zero attached hydrogens (tertiary/aromatic N) is 2. The minimum absolute atomic E-state index is 0.140. The van der Waals surface area contributed by atoms with Crippen LogP contribution >= 0.6 is 11.8 Å². The Morgan fingerprint density at radius 2 is 1.93 bits per heavy atom. The molecule has 0 spiro atoms. The first-order chi connectivity index (χ1) is 14.2. The summed E-state index contributed by atoms with van der Waals surface area (Å²) in [5.41, 5.74) is 1.80. The molecule has 0 atom stereocenters. The molecule has 0 unspecified atom stereocenters. The van der Waals surface area contributed by atoms with Gasteiger partial charge in [-0.15, -0.1) is 10.2 Å². The Hall–Kier alpha value is -3.52. The largest absolute Gasteiger partial charge is 0.459 e. The van der Waals surface area contributed by atoms with Gasteiger partial charge in [0.25, 0.3) is 11.1 Å². The van der Waals surface area contributed by atoms with Crippen molar-refractivity contribution in [1.29, 1.82) is 0 Å². The van der Waals surface area contributed by atoms with Crippen molar-refractivity contribution in [3.05, 3.63) is 72.5 Å². The number of thioether (sulfide) groups is 1. The van der Waals surface area contributed by atoms with E-state index in [-0.39, 0.29) is 17.6 Å². The summed E-state index contributed by atoms with van der Waals surface area (Å²) in [6, 6.07) is 18.4. The summed E-state index contributed by atoms with van der Waals surface area (Å²) in [5, 5.41) is 10.9. The number of hydrogen-bond donors (Lipinski definition) is 1. The van der Waals surface area contributed by atoms with Crippen LogP contribution in [0, 0.1) is 6.92 Å². The van der Waals surface area contributed by atoms with Gasteiger partial charge in [-0.05, 0) is 61.0 Å². The molecular weight excluding hydrogens is 390 g/mol. The molecule has 1 amide bonds. The molecule has 0 saturated heterocycles. The Labute approximate surface area is 171 Å². The van der Waals surface area contributed by atoms with Crippen molar-refractivity contribution in [1.82, 2.24) is 10.2 Å². The molecule has 4 rings (SSSR count). The first-order valence-electron chi connectivity index (χ1n) is 8.80. The van der Waals surface area contributed by atoms with E-state index in [1.54, 1.807) is 36.4 Å². The van der Waals surface area contributed by atoms with Crippen molar-refractivity contribution >= 4 is 23.4 Å². The van der Waals surface area contributed by atoms with Crippen molar-refractivity contribution in [2.45, 2.75) is 12.1 Å². The third kappa shape index (κ3) is 5.05. The molecule has 0 aliphatic heterocycles. The number of carbonyl (C=O) groups is 1. The number of furan rings is 1. The van der Waals surface area contributed by atoms with Crippen LogP contribution in [0.4, 0.5) is 5.69 Å². The first-order valence-corrected chi connectivity index (χ1v) is 9.79. The minimum atomic E-state index is -0.180. The van der Waals surface area contributed by atoms with E-state index in [2.05, 4.69) is 15.5 Å². The molecule has 2 aromatic heterocycles. The first kappa shape index (κ1) is 18.8. The Bertz CT molecular complexity index is 1090. The lowest BCUT2D eigenvalue weighted by atomic mass is 10.2. The van der Waals surface area contributed by atoms with Crippen LogP contribution in [-0.4, -0.2) is 21.9 Å². The number of aromatic nitrogens is 2. The van der Waals surface area contributed by atoms with Crippen LogP contribution in [0.3, 0.4) is 0 Å². The summed E-state index contributed by atoms with van der Waals surface area (Å²) < 4.78 is 16.5. The minimum Gasteiger partial charge on any atom is -0.459 e. The van der Waals surface area contributed by atoms with Crippen molar-refractivity contribution < 1.29 is 18.4 Å². The van der Waals surface area contributed by atoms with E-state index in [1.807, 2.05) is 31.2 Å². The van der Waals surface area contributed by atoms with Crippen LogP contribution in [0.2, 0.25) is 0 Å². The monoisotopic (exact) mass is 407 g/mol. The smallest absolute Gasteiger partial charge is 0.284 e. The second kappa shape index (κ2) is 8.66. The van der Waals surface area contributed by atoms with Crippen LogP contribution in [0.25, 0.3) is 11.7 Å². The zero-order chi connectivity index (χ0) is 20.1. The molecule has 29 heavy (non-hydrogen) atoms. The van der Waals surface area contributed by atoms with Crippen molar-refractivity contribution in [3.8, 4) is 23.1 Å². The van der Waals surface area contributed by atoms with Gasteiger partial charge in [0.1, 0.15) is 11.5 Å². The van der Waals surface area contributed by atoms with E-state index in [1.165, 1.54) is 6.26 Å². The maximum atomic E-state index is 12.2. The molecule has 4 aromatic rings. The molecule has 0 fully saturated rings. The lowest BCUT2D eigenvalue weighted by Gasteiger charge is -2.08. The van der Waals surface area contributed by atoms with Crippen molar-refractivity contribution in [2.75, 3.05) is 11.1 Å². The van der Waals surface area contributed by atoms with E-state index in [0.717, 1.165) is 23.1 Å². The Morgan fingerprint density at radius 3 is 2.69 bits per heavy atom. The number of aryl methyl sites for hydroxylation is 1. The summed E-state index contributed by atoms with van der Waals surface area (Å²) >= 11 is 1.15. The average Bonchev–Trinajstić information content (AvgIpc) is 3.40. The molecule has 146 valence electrons. The van der Waals surface area contributed by atoms with Crippen LogP contribution in [-0.2, 0) is 4.79 Å². The molecule has 0 radical (unpaired) electrons. The van der Waals surface area contributed by atoms with Crippen molar-refractivity contribution in [2.24, 2.45) is 0 Å². The van der Waals surface area contributed by atoms with Crippen LogP contribution in [0.5, 0.6) is 11.5 Å². The lowest BCUT2D eigenvalue weighted by molar-refractivity contribution is -0.113. The van der Waals surface area contributed by atoms with Gasteiger partial charge in [0.2, 0.25) is 5.91 Å². The van der Waals surface area contributed by atoms with E-state index in [4.69, 9.17) is 13.6 Å². The molecule has 0 saturated carbocycles. The summed E-state index contributed by atoms with van der Waals surface area (Å²) in [5.74, 6) is 2.19. The zero-order valence-corrected chi connectivity index (χ0v) is 16.3. The third-order valence-corrected chi connectivity index (χ3v) is 4.65. The van der Waals surface area contributed by atoms with Gasteiger partial charge >= 0.3 is 0 Å². The maximum Gasteiger partial charge on any atom is 0.284 e. The number of rotatable bonds is 7. The highest BCUT2D eigenvalue weighted by Crippen LogP contribution is 2.25. The molecule has 0 aliphatic rings. The maximum absolute atomic E-state index is 12.2. The Kier molecular flexibility index (Phi) is 5.62. The summed E-state index contributed by atoms with van der Waals surface area (Å²) in [6.45, 7) is 2.01. The number of benzene rings is 2. The van der Waals surface area contributed by atoms with Gasteiger partial charge in [-0.25, -0.2) is 0 Å². The molecule has 8 heteroatoms. The Morgan fingerprint density at radius 1 is 1.07 bits per heavy atom. The SMILES string of the molecule is Cc1cccc(Oc2ccc(NC(=O)CSc3nnc(-c4ccco4)o3)cc2)c1. The fourth-order valence-corrected chi connectivity index (χ4v) is 3.08. The molecular formula is C21H17N3O4S. The van der Waals surface area contributed by atoms with E-state index in [0.29, 0.717) is 22.4 Å². The van der Waals surface area contributed by atoms with Gasteiger partial charge in [-0.3, -0.25) is 4.79 Å². The van der Waals surface area contributed by atoms with E-state index >= 15 is 0 Å². The van der Waals surface area contributed by atoms with Crippen LogP contribution in [0.1, 0.15) is 5.56 Å². The number of hydrogen-bond acceptors (Lipinski definition) is 7. The number of amides is 1. The Balaban J connectivity index is 1.28. The highest BCUT2D eigenvalue weighted by atomic mass is 32.2. The lowest BCUT2D eigenvalue weighted by Crippen LogP contribution is -2.13. The quantitative estimate of drug-likeness (QED) is 0.423. The summed E-state index contributed by atoms with van der Waals surface area (Å²) in [7, 11) is 0. The van der Waals surface area contributed by atoms with Gasteiger partial charge in [-0.1, -0.05) is 23.9 Å². The highest BCUT2D eigenvalue weighted by Gasteiger charge is 2.13. The van der Waals surface area contributed by atoms with E-state index < -0.39 is 0 Å². The second-order valence-corrected chi connectivity index (χ2v) is 7.06. The molecule has 2 heterocycles. The van der Waals surface area contributed by atoms with Gasteiger partial charge in [0.15, 0.2) is 5.76 Å². The summed E-state index contributed by atoms with van der Waals surface area (Å²) in [4.78, 5) is 12.2. The van der Waals surface area contributed by atoms with Gasteiger partial charge < -0.3 is 18.9 Å². The zero-order valence-electron chi connectivity index (χ0n) is 15.5. The van der Waals surface area contributed by atoms with Crippen LogP contribution < -0.4 is 10.1 Å². The third-order valence-electron chi connectivity index (χ3n) is 3.83. The molecule has 2 aromatic carbocycles. The fraction of sp³-hybridized carbons (Fsp3) is 0.0952. The van der Waals surface area contributed by atoms with Gasteiger partial charge in [-0.2, -0.15) is 0 Å². The number of ether oxygens (including phenoxy) is 1. The fourth-order valence-electron chi connectivity index (χ4n) is 2.51. The van der Waals surface area contributed by atoms with E-state index in [9.17, 15) is 4.79 Å².